The highest BCUT2D eigenvalue weighted by molar-refractivity contribution is 7.89. The van der Waals surface area contributed by atoms with Gasteiger partial charge in [-0.1, -0.05) is 19.9 Å². The minimum Gasteiger partial charge on any atom is -0.497 e. The molecule has 1 aromatic heterocycles. The molecular formula is C18H25N2O6PS. The number of sulfonamides is 1. The summed E-state index contributed by atoms with van der Waals surface area (Å²) < 4.78 is 44.8. The van der Waals surface area contributed by atoms with Gasteiger partial charge in [-0.3, -0.25) is 9.55 Å². The number of pyridine rings is 1. The molecule has 0 bridgehead atoms. The Kier molecular flexibility index (Phi) is 7.36. The van der Waals surface area contributed by atoms with Crippen molar-refractivity contribution in [2.45, 2.75) is 37.5 Å². The van der Waals surface area contributed by atoms with Crippen LogP contribution in [0.3, 0.4) is 0 Å². The monoisotopic (exact) mass is 428 g/mol. The third-order valence-electron chi connectivity index (χ3n) is 4.13. The van der Waals surface area contributed by atoms with E-state index in [2.05, 4.69) is 4.98 Å². The van der Waals surface area contributed by atoms with E-state index in [1.165, 1.54) is 37.6 Å². The Morgan fingerprint density at radius 2 is 1.82 bits per heavy atom. The summed E-state index contributed by atoms with van der Waals surface area (Å²) in [6.45, 7) is 3.36. The number of rotatable bonds is 9. The van der Waals surface area contributed by atoms with Gasteiger partial charge in [0.1, 0.15) is 11.5 Å². The van der Waals surface area contributed by atoms with Gasteiger partial charge in [-0.05, 0) is 48.2 Å². The van der Waals surface area contributed by atoms with Gasteiger partial charge in [0.2, 0.25) is 10.0 Å². The first kappa shape index (κ1) is 22.5. The maximum Gasteiger partial charge on any atom is 0.343 e. The number of methoxy groups -OCH3 is 1. The lowest BCUT2D eigenvalue weighted by Crippen LogP contribution is -2.40. The molecule has 0 aliphatic rings. The van der Waals surface area contributed by atoms with E-state index in [-0.39, 0.29) is 23.8 Å². The number of aromatic nitrogens is 1. The van der Waals surface area contributed by atoms with E-state index in [1.54, 1.807) is 32.2 Å². The number of nitrogens with zero attached hydrogens (tertiary/aromatic N) is 2. The highest BCUT2D eigenvalue weighted by Crippen LogP contribution is 2.48. The lowest BCUT2D eigenvalue weighted by Gasteiger charge is -2.32. The zero-order chi connectivity index (χ0) is 20.9. The van der Waals surface area contributed by atoms with E-state index in [4.69, 9.17) is 4.74 Å². The average Bonchev–Trinajstić information content (AvgIpc) is 2.64. The van der Waals surface area contributed by atoms with Crippen LogP contribution in [0.2, 0.25) is 0 Å². The maximum absolute atomic E-state index is 13.3. The van der Waals surface area contributed by atoms with E-state index < -0.39 is 23.4 Å². The predicted octanol–water partition coefficient (Wildman–Crippen LogP) is 2.83. The van der Waals surface area contributed by atoms with Gasteiger partial charge in [-0.2, -0.15) is 4.31 Å². The van der Waals surface area contributed by atoms with Gasteiger partial charge < -0.3 is 14.5 Å². The molecule has 0 aliphatic carbocycles. The third kappa shape index (κ3) is 5.62. The van der Waals surface area contributed by atoms with Crippen LogP contribution in [0.1, 0.15) is 25.8 Å². The molecule has 0 spiro atoms. The van der Waals surface area contributed by atoms with Crippen LogP contribution in [0, 0.1) is 5.92 Å². The molecule has 2 aromatic rings. The Hall–Kier alpha value is -1.77. The molecule has 0 aliphatic heterocycles. The second kappa shape index (κ2) is 9.15. The van der Waals surface area contributed by atoms with Crippen LogP contribution in [0.4, 0.5) is 0 Å². The zero-order valence-electron chi connectivity index (χ0n) is 16.0. The highest BCUT2D eigenvalue weighted by atomic mass is 32.2. The lowest BCUT2D eigenvalue weighted by atomic mass is 10.1. The van der Waals surface area contributed by atoms with Crippen LogP contribution < -0.4 is 4.74 Å². The quantitative estimate of drug-likeness (QED) is 0.590. The molecule has 2 N–H and O–H groups in total. The Bertz CT molecular complexity index is 913. The molecule has 0 radical (unpaired) electrons. The Balaban J connectivity index is 2.55. The summed E-state index contributed by atoms with van der Waals surface area (Å²) in [7, 11) is -7.48. The molecular weight excluding hydrogens is 403 g/mol. The second-order valence-electron chi connectivity index (χ2n) is 6.79. The first-order chi connectivity index (χ1) is 13.1. The molecule has 0 saturated carbocycles. The van der Waals surface area contributed by atoms with Gasteiger partial charge in [-0.15, -0.1) is 0 Å². The first-order valence-corrected chi connectivity index (χ1v) is 11.8. The van der Waals surface area contributed by atoms with Crippen LogP contribution >= 0.6 is 7.60 Å². The number of hydrogen-bond acceptors (Lipinski definition) is 5. The average molecular weight is 428 g/mol. The second-order valence-corrected chi connectivity index (χ2v) is 10.5. The van der Waals surface area contributed by atoms with Gasteiger partial charge in [-0.25, -0.2) is 8.42 Å². The summed E-state index contributed by atoms with van der Waals surface area (Å²) >= 11 is 0. The molecule has 8 nitrogen and oxygen atoms in total. The minimum atomic E-state index is -4.75. The standard InChI is InChI=1S/C18H25N2O6PS/c1-14(2)11-18(27(21,22)23)20(13-15-5-4-10-19-12-15)28(24,25)17-8-6-16(26-3)7-9-17/h4-10,12,14,18H,11,13H2,1-3H3,(H2,21,22,23). The van der Waals surface area contributed by atoms with Crippen molar-refractivity contribution in [1.82, 2.24) is 9.29 Å². The van der Waals surface area contributed by atoms with Crippen LogP contribution in [0.15, 0.2) is 53.7 Å². The smallest absolute Gasteiger partial charge is 0.343 e. The molecule has 1 heterocycles. The third-order valence-corrected chi connectivity index (χ3v) is 7.42. The Morgan fingerprint density at radius 1 is 1.18 bits per heavy atom. The van der Waals surface area contributed by atoms with Crippen molar-refractivity contribution in [2.24, 2.45) is 5.92 Å². The minimum absolute atomic E-state index is 0.0138. The molecule has 28 heavy (non-hydrogen) atoms. The summed E-state index contributed by atoms with van der Waals surface area (Å²) in [5.74, 6) is -1.13. The van der Waals surface area contributed by atoms with Crippen LogP contribution in [-0.2, 0) is 21.1 Å². The SMILES string of the molecule is COc1ccc(S(=O)(=O)N(Cc2cccnc2)C(CC(C)C)P(=O)(O)O)cc1. The van der Waals surface area contributed by atoms with Gasteiger partial charge in [0.15, 0.2) is 0 Å². The van der Waals surface area contributed by atoms with Crippen molar-refractivity contribution in [2.75, 3.05) is 7.11 Å². The van der Waals surface area contributed by atoms with Crippen molar-refractivity contribution in [3.05, 3.63) is 54.4 Å². The molecule has 1 unspecified atom stereocenters. The van der Waals surface area contributed by atoms with Crippen LogP contribution in [0.25, 0.3) is 0 Å². The van der Waals surface area contributed by atoms with Crippen LogP contribution in [0.5, 0.6) is 5.75 Å². The molecule has 1 atom stereocenters. The first-order valence-electron chi connectivity index (χ1n) is 8.65. The fourth-order valence-electron chi connectivity index (χ4n) is 2.75. The molecule has 2 rings (SSSR count). The van der Waals surface area contributed by atoms with Gasteiger partial charge in [0, 0.05) is 18.9 Å². The number of ether oxygens (including phenoxy) is 1. The summed E-state index contributed by atoms with van der Waals surface area (Å²) in [5, 5.41) is 0. The van der Waals surface area contributed by atoms with Crippen molar-refractivity contribution in [3.8, 4) is 5.75 Å². The van der Waals surface area contributed by atoms with E-state index in [1.807, 2.05) is 0 Å². The van der Waals surface area contributed by atoms with E-state index in [0.717, 1.165) is 4.31 Å². The number of benzene rings is 1. The lowest BCUT2D eigenvalue weighted by molar-refractivity contribution is 0.270. The van der Waals surface area contributed by atoms with Gasteiger partial charge in [0.05, 0.1) is 12.0 Å². The molecule has 154 valence electrons. The van der Waals surface area contributed by atoms with Crippen molar-refractivity contribution in [1.29, 1.82) is 0 Å². The summed E-state index contributed by atoms with van der Waals surface area (Å²) in [6, 6.07) is 9.00. The van der Waals surface area contributed by atoms with Crippen LogP contribution in [-0.4, -0.2) is 40.4 Å². The van der Waals surface area contributed by atoms with Gasteiger partial charge in [0.25, 0.3) is 0 Å². The zero-order valence-corrected chi connectivity index (χ0v) is 17.7. The molecule has 1 aromatic carbocycles. The number of hydrogen-bond donors (Lipinski definition) is 2. The molecule has 0 fully saturated rings. The predicted molar refractivity (Wildman–Crippen MR) is 105 cm³/mol. The normalized spacial score (nSPS) is 13.7. The molecule has 0 amide bonds. The van der Waals surface area contributed by atoms with Crippen molar-refractivity contribution >= 4 is 17.6 Å². The fourth-order valence-corrected chi connectivity index (χ4v) is 6.08. The van der Waals surface area contributed by atoms with E-state index in [0.29, 0.717) is 11.3 Å². The highest BCUT2D eigenvalue weighted by Gasteiger charge is 2.42. The topological polar surface area (TPSA) is 117 Å². The Labute approximate surface area is 165 Å². The van der Waals surface area contributed by atoms with Gasteiger partial charge >= 0.3 is 7.60 Å². The summed E-state index contributed by atoms with van der Waals surface area (Å²) in [5.41, 5.74) is 0.529. The fraction of sp³-hybridized carbons (Fsp3) is 0.389. The summed E-state index contributed by atoms with van der Waals surface area (Å²) in [6.07, 6.45) is 3.03. The van der Waals surface area contributed by atoms with E-state index >= 15 is 0 Å². The van der Waals surface area contributed by atoms with Crippen molar-refractivity contribution < 1.29 is 27.5 Å². The molecule has 10 heteroatoms. The van der Waals surface area contributed by atoms with Crippen molar-refractivity contribution in [3.63, 3.8) is 0 Å². The Morgan fingerprint density at radius 3 is 2.29 bits per heavy atom. The largest absolute Gasteiger partial charge is 0.497 e. The molecule has 0 saturated heterocycles. The maximum atomic E-state index is 13.3. The summed E-state index contributed by atoms with van der Waals surface area (Å²) in [4.78, 5) is 23.8. The van der Waals surface area contributed by atoms with E-state index in [9.17, 15) is 22.8 Å².